The maximum Gasteiger partial charge on any atom is 0.322 e. The third-order valence-electron chi connectivity index (χ3n) is 2.50. The van der Waals surface area contributed by atoms with E-state index in [2.05, 4.69) is 0 Å². The van der Waals surface area contributed by atoms with Crippen LogP contribution in [0.15, 0.2) is 24.3 Å². The SMILES string of the molecule is NC(CN1C(=O)COc2ccccc21)C(=O)O. The van der Waals surface area contributed by atoms with E-state index in [0.717, 1.165) is 0 Å². The number of carbonyl (C=O) groups is 2. The summed E-state index contributed by atoms with van der Waals surface area (Å²) in [6.07, 6.45) is 0. The standard InChI is InChI=1S/C11H12N2O4/c12-7(11(15)16)5-13-8-3-1-2-4-9(8)17-6-10(13)14/h1-4,7H,5-6,12H2,(H,15,16). The number of ether oxygens (including phenoxy) is 1. The van der Waals surface area contributed by atoms with Crippen molar-refractivity contribution >= 4 is 17.6 Å². The monoisotopic (exact) mass is 236 g/mol. The fourth-order valence-corrected chi connectivity index (χ4v) is 1.63. The fourth-order valence-electron chi connectivity index (χ4n) is 1.63. The molecule has 1 aromatic carbocycles. The van der Waals surface area contributed by atoms with Crippen LogP contribution in [0.4, 0.5) is 5.69 Å². The molecular formula is C11H12N2O4. The van der Waals surface area contributed by atoms with Crippen LogP contribution < -0.4 is 15.4 Å². The third kappa shape index (κ3) is 2.21. The topological polar surface area (TPSA) is 92.9 Å². The normalized spacial score (nSPS) is 16.1. The number of rotatable bonds is 3. The zero-order chi connectivity index (χ0) is 12.4. The minimum atomic E-state index is -1.14. The van der Waals surface area contributed by atoms with E-state index in [1.54, 1.807) is 24.3 Å². The zero-order valence-electron chi connectivity index (χ0n) is 9.00. The number of carboxylic acids is 1. The Morgan fingerprint density at radius 3 is 2.94 bits per heavy atom. The molecule has 1 unspecified atom stereocenters. The van der Waals surface area contributed by atoms with Crippen molar-refractivity contribution in [3.8, 4) is 5.75 Å². The van der Waals surface area contributed by atoms with Crippen LogP contribution in [0.2, 0.25) is 0 Å². The summed E-state index contributed by atoms with van der Waals surface area (Å²) in [5, 5.41) is 8.75. The lowest BCUT2D eigenvalue weighted by Crippen LogP contribution is -2.48. The molecule has 3 N–H and O–H groups in total. The summed E-state index contributed by atoms with van der Waals surface area (Å²) in [7, 11) is 0. The molecular weight excluding hydrogens is 224 g/mol. The summed E-state index contributed by atoms with van der Waals surface area (Å²) in [5.74, 6) is -0.869. The van der Waals surface area contributed by atoms with Gasteiger partial charge in [0, 0.05) is 0 Å². The number of hydrogen-bond donors (Lipinski definition) is 2. The van der Waals surface area contributed by atoms with E-state index in [9.17, 15) is 9.59 Å². The van der Waals surface area contributed by atoms with E-state index in [1.807, 2.05) is 0 Å². The highest BCUT2D eigenvalue weighted by molar-refractivity contribution is 5.98. The van der Waals surface area contributed by atoms with Gasteiger partial charge in [-0.25, -0.2) is 0 Å². The molecule has 1 atom stereocenters. The predicted molar refractivity (Wildman–Crippen MR) is 59.9 cm³/mol. The van der Waals surface area contributed by atoms with Gasteiger partial charge >= 0.3 is 5.97 Å². The number of nitrogens with zero attached hydrogens (tertiary/aromatic N) is 1. The van der Waals surface area contributed by atoms with E-state index >= 15 is 0 Å². The Hall–Kier alpha value is -2.08. The average molecular weight is 236 g/mol. The van der Waals surface area contributed by atoms with Crippen LogP contribution in [0.3, 0.4) is 0 Å². The average Bonchev–Trinajstić information content (AvgIpc) is 2.32. The van der Waals surface area contributed by atoms with Gasteiger partial charge in [-0.1, -0.05) is 12.1 Å². The van der Waals surface area contributed by atoms with Crippen LogP contribution in [0.5, 0.6) is 5.75 Å². The van der Waals surface area contributed by atoms with E-state index in [1.165, 1.54) is 4.90 Å². The van der Waals surface area contributed by atoms with Gasteiger partial charge in [-0.3, -0.25) is 9.59 Å². The second kappa shape index (κ2) is 4.42. The largest absolute Gasteiger partial charge is 0.482 e. The van der Waals surface area contributed by atoms with Crippen molar-refractivity contribution in [1.82, 2.24) is 0 Å². The van der Waals surface area contributed by atoms with Gasteiger partial charge in [0.05, 0.1) is 12.2 Å². The zero-order valence-corrected chi connectivity index (χ0v) is 9.00. The molecule has 2 rings (SSSR count). The summed E-state index contributed by atoms with van der Waals surface area (Å²) >= 11 is 0. The summed E-state index contributed by atoms with van der Waals surface area (Å²) in [6.45, 7) is -0.155. The highest BCUT2D eigenvalue weighted by Gasteiger charge is 2.28. The summed E-state index contributed by atoms with van der Waals surface area (Å²) in [5.41, 5.74) is 5.99. The number of hydrogen-bond acceptors (Lipinski definition) is 4. The maximum atomic E-state index is 11.7. The molecule has 6 nitrogen and oxygen atoms in total. The number of para-hydroxylation sites is 2. The molecule has 0 fully saturated rings. The van der Waals surface area contributed by atoms with Gasteiger partial charge in [0.2, 0.25) is 0 Å². The Morgan fingerprint density at radius 2 is 2.24 bits per heavy atom. The highest BCUT2D eigenvalue weighted by atomic mass is 16.5. The number of anilines is 1. The van der Waals surface area contributed by atoms with Crippen molar-refractivity contribution in [2.45, 2.75) is 6.04 Å². The summed E-state index contributed by atoms with van der Waals surface area (Å²) in [4.78, 5) is 23.7. The van der Waals surface area contributed by atoms with Crippen molar-refractivity contribution in [3.63, 3.8) is 0 Å². The van der Waals surface area contributed by atoms with Gasteiger partial charge in [0.15, 0.2) is 6.61 Å². The van der Waals surface area contributed by atoms with Crippen LogP contribution in [0.25, 0.3) is 0 Å². The summed E-state index contributed by atoms with van der Waals surface area (Å²) in [6, 6.07) is 5.84. The van der Waals surface area contributed by atoms with Crippen molar-refractivity contribution in [1.29, 1.82) is 0 Å². The molecule has 0 bridgehead atoms. The first-order valence-corrected chi connectivity index (χ1v) is 5.10. The highest BCUT2D eigenvalue weighted by Crippen LogP contribution is 2.31. The molecule has 1 amide bonds. The quantitative estimate of drug-likeness (QED) is 0.759. The van der Waals surface area contributed by atoms with Gasteiger partial charge in [-0.05, 0) is 12.1 Å². The van der Waals surface area contributed by atoms with Gasteiger partial charge in [0.25, 0.3) is 5.91 Å². The van der Waals surface area contributed by atoms with Crippen LogP contribution in [-0.2, 0) is 9.59 Å². The summed E-state index contributed by atoms with van der Waals surface area (Å²) < 4.78 is 5.23. The number of nitrogens with two attached hydrogens (primary N) is 1. The lowest BCUT2D eigenvalue weighted by Gasteiger charge is -2.30. The Labute approximate surface area is 97.6 Å². The molecule has 0 aliphatic carbocycles. The molecule has 0 spiro atoms. The first-order valence-electron chi connectivity index (χ1n) is 5.10. The predicted octanol–water partition coefficient (Wildman–Crippen LogP) is -0.176. The Kier molecular flexibility index (Phi) is 2.97. The van der Waals surface area contributed by atoms with Crippen molar-refractivity contribution < 1.29 is 19.4 Å². The Bertz CT molecular complexity index is 461. The number of carbonyl (C=O) groups excluding carboxylic acids is 1. The molecule has 0 radical (unpaired) electrons. The second-order valence-corrected chi connectivity index (χ2v) is 3.71. The number of carboxylic acid groups (broad SMARTS) is 1. The molecule has 0 saturated carbocycles. The van der Waals surface area contributed by atoms with Gasteiger partial charge in [-0.2, -0.15) is 0 Å². The van der Waals surface area contributed by atoms with E-state index in [-0.39, 0.29) is 19.1 Å². The maximum absolute atomic E-state index is 11.7. The van der Waals surface area contributed by atoms with Crippen molar-refractivity contribution in [3.05, 3.63) is 24.3 Å². The Morgan fingerprint density at radius 1 is 1.53 bits per heavy atom. The van der Waals surface area contributed by atoms with E-state index in [4.69, 9.17) is 15.6 Å². The first kappa shape index (κ1) is 11.4. The lowest BCUT2D eigenvalue weighted by molar-refractivity contribution is -0.138. The number of benzene rings is 1. The minimum absolute atomic E-state index is 0.0610. The number of fused-ring (bicyclic) bond motifs is 1. The lowest BCUT2D eigenvalue weighted by atomic mass is 10.2. The molecule has 1 aromatic rings. The molecule has 90 valence electrons. The molecule has 17 heavy (non-hydrogen) atoms. The van der Waals surface area contributed by atoms with Crippen LogP contribution in [-0.4, -0.2) is 36.2 Å². The molecule has 6 heteroatoms. The minimum Gasteiger partial charge on any atom is -0.482 e. The van der Waals surface area contributed by atoms with E-state index < -0.39 is 12.0 Å². The fraction of sp³-hybridized carbons (Fsp3) is 0.273. The van der Waals surface area contributed by atoms with Gasteiger partial charge in [-0.15, -0.1) is 0 Å². The van der Waals surface area contributed by atoms with E-state index in [0.29, 0.717) is 11.4 Å². The van der Waals surface area contributed by atoms with Gasteiger partial charge in [0.1, 0.15) is 11.8 Å². The third-order valence-corrected chi connectivity index (χ3v) is 2.50. The molecule has 0 aromatic heterocycles. The number of aliphatic carboxylic acids is 1. The van der Waals surface area contributed by atoms with Crippen molar-refractivity contribution in [2.75, 3.05) is 18.1 Å². The molecule has 1 heterocycles. The molecule has 0 saturated heterocycles. The van der Waals surface area contributed by atoms with Crippen LogP contribution in [0, 0.1) is 0 Å². The molecule has 1 aliphatic heterocycles. The molecule has 1 aliphatic rings. The van der Waals surface area contributed by atoms with Crippen LogP contribution in [0.1, 0.15) is 0 Å². The van der Waals surface area contributed by atoms with Crippen LogP contribution >= 0.6 is 0 Å². The number of amides is 1. The first-order chi connectivity index (χ1) is 8.09. The van der Waals surface area contributed by atoms with Gasteiger partial charge < -0.3 is 20.5 Å². The van der Waals surface area contributed by atoms with Crippen molar-refractivity contribution in [2.24, 2.45) is 5.73 Å². The smallest absolute Gasteiger partial charge is 0.322 e. The second-order valence-electron chi connectivity index (χ2n) is 3.71. The Balaban J connectivity index is 2.27.